The lowest BCUT2D eigenvalue weighted by Crippen LogP contribution is -2.45. The molecule has 0 spiro atoms. The first kappa shape index (κ1) is 15.8. The highest BCUT2D eigenvalue weighted by molar-refractivity contribution is 5.49. The standard InChI is InChI=1S/C18H30N4/c1-3-4-10-21-11-6-8-17(21)16-7-5-9-19-18(16)22-14-12-20(2)13-15-22/h5,7,9,17H,3-4,6,8,10-15H2,1-2H3/t17-/m1/s1. The van der Waals surface area contributed by atoms with Crippen LogP contribution in [-0.2, 0) is 0 Å². The summed E-state index contributed by atoms with van der Waals surface area (Å²) in [4.78, 5) is 12.3. The molecule has 0 bridgehead atoms. The highest BCUT2D eigenvalue weighted by Crippen LogP contribution is 2.36. The number of hydrogen-bond donors (Lipinski definition) is 0. The van der Waals surface area contributed by atoms with Gasteiger partial charge in [-0.2, -0.15) is 0 Å². The van der Waals surface area contributed by atoms with E-state index in [1.165, 1.54) is 50.2 Å². The summed E-state index contributed by atoms with van der Waals surface area (Å²) in [7, 11) is 2.21. The first-order chi connectivity index (χ1) is 10.8. The van der Waals surface area contributed by atoms with Gasteiger partial charge < -0.3 is 9.80 Å². The van der Waals surface area contributed by atoms with Gasteiger partial charge >= 0.3 is 0 Å². The van der Waals surface area contributed by atoms with Gasteiger partial charge in [0, 0.05) is 44.0 Å². The van der Waals surface area contributed by atoms with E-state index in [1.54, 1.807) is 0 Å². The molecule has 0 aliphatic carbocycles. The number of piperazine rings is 1. The summed E-state index contributed by atoms with van der Waals surface area (Å²) in [5, 5.41) is 0. The van der Waals surface area contributed by atoms with E-state index in [4.69, 9.17) is 4.98 Å². The maximum atomic E-state index is 4.77. The summed E-state index contributed by atoms with van der Waals surface area (Å²) >= 11 is 0. The fourth-order valence-corrected chi connectivity index (χ4v) is 3.76. The van der Waals surface area contributed by atoms with Crippen molar-refractivity contribution in [1.29, 1.82) is 0 Å². The molecule has 4 heteroatoms. The summed E-state index contributed by atoms with van der Waals surface area (Å²) < 4.78 is 0. The van der Waals surface area contributed by atoms with Crippen LogP contribution in [0, 0.1) is 0 Å². The minimum Gasteiger partial charge on any atom is -0.354 e. The van der Waals surface area contributed by atoms with Crippen molar-refractivity contribution in [3.8, 4) is 0 Å². The number of hydrogen-bond acceptors (Lipinski definition) is 4. The van der Waals surface area contributed by atoms with Crippen molar-refractivity contribution in [2.75, 3.05) is 51.2 Å². The Labute approximate surface area is 135 Å². The van der Waals surface area contributed by atoms with Crippen LogP contribution in [0.4, 0.5) is 5.82 Å². The van der Waals surface area contributed by atoms with E-state index >= 15 is 0 Å². The third kappa shape index (κ3) is 3.44. The lowest BCUT2D eigenvalue weighted by Gasteiger charge is -2.36. The van der Waals surface area contributed by atoms with Crippen molar-refractivity contribution in [3.63, 3.8) is 0 Å². The molecule has 3 heterocycles. The van der Waals surface area contributed by atoms with Crippen molar-refractivity contribution in [1.82, 2.24) is 14.8 Å². The van der Waals surface area contributed by atoms with E-state index < -0.39 is 0 Å². The highest BCUT2D eigenvalue weighted by atomic mass is 15.3. The molecule has 4 nitrogen and oxygen atoms in total. The molecule has 2 aliphatic rings. The van der Waals surface area contributed by atoms with Crippen LogP contribution in [0.1, 0.15) is 44.2 Å². The maximum absolute atomic E-state index is 4.77. The Hall–Kier alpha value is -1.13. The number of likely N-dealkylation sites (tertiary alicyclic amines) is 1. The Kier molecular flexibility index (Phi) is 5.32. The van der Waals surface area contributed by atoms with Crippen molar-refractivity contribution in [2.24, 2.45) is 0 Å². The fourth-order valence-electron chi connectivity index (χ4n) is 3.76. The summed E-state index contributed by atoms with van der Waals surface area (Å²) in [5.74, 6) is 1.24. The third-order valence-corrected chi connectivity index (χ3v) is 5.14. The minimum absolute atomic E-state index is 0.579. The molecule has 0 saturated carbocycles. The molecule has 122 valence electrons. The van der Waals surface area contributed by atoms with Gasteiger partial charge in [0.05, 0.1) is 0 Å². The van der Waals surface area contributed by atoms with Crippen molar-refractivity contribution in [2.45, 2.75) is 38.6 Å². The molecule has 0 amide bonds. The Morgan fingerprint density at radius 1 is 1.18 bits per heavy atom. The van der Waals surface area contributed by atoms with Gasteiger partial charge in [0.1, 0.15) is 5.82 Å². The van der Waals surface area contributed by atoms with Crippen LogP contribution in [0.5, 0.6) is 0 Å². The number of nitrogens with zero attached hydrogens (tertiary/aromatic N) is 4. The predicted molar refractivity (Wildman–Crippen MR) is 92.4 cm³/mol. The second kappa shape index (κ2) is 7.42. The van der Waals surface area contributed by atoms with Crippen molar-refractivity contribution >= 4 is 5.82 Å². The molecule has 1 aromatic heterocycles. The van der Waals surface area contributed by atoms with E-state index in [0.717, 1.165) is 26.2 Å². The van der Waals surface area contributed by atoms with Gasteiger partial charge in [-0.05, 0) is 45.5 Å². The summed E-state index contributed by atoms with van der Waals surface area (Å²) in [6, 6.07) is 5.01. The summed E-state index contributed by atoms with van der Waals surface area (Å²) in [5.41, 5.74) is 1.46. The number of anilines is 1. The Balaban J connectivity index is 1.78. The van der Waals surface area contributed by atoms with E-state index in [2.05, 4.69) is 40.8 Å². The second-order valence-corrected chi connectivity index (χ2v) is 6.75. The van der Waals surface area contributed by atoms with Gasteiger partial charge in [-0.3, -0.25) is 4.90 Å². The number of rotatable bonds is 5. The molecule has 22 heavy (non-hydrogen) atoms. The van der Waals surface area contributed by atoms with Crippen LogP contribution in [0.3, 0.4) is 0 Å². The number of pyridine rings is 1. The average molecular weight is 302 g/mol. The van der Waals surface area contributed by atoms with Crippen molar-refractivity contribution < 1.29 is 0 Å². The van der Waals surface area contributed by atoms with E-state index in [1.807, 2.05) is 6.20 Å². The van der Waals surface area contributed by atoms with Gasteiger partial charge in [-0.1, -0.05) is 19.4 Å². The first-order valence-corrected chi connectivity index (χ1v) is 8.92. The quantitative estimate of drug-likeness (QED) is 0.834. The van der Waals surface area contributed by atoms with Crippen molar-refractivity contribution in [3.05, 3.63) is 23.9 Å². The van der Waals surface area contributed by atoms with E-state index in [0.29, 0.717) is 6.04 Å². The maximum Gasteiger partial charge on any atom is 0.133 e. The zero-order valence-electron chi connectivity index (χ0n) is 14.2. The molecule has 2 aliphatic heterocycles. The van der Waals surface area contributed by atoms with E-state index in [-0.39, 0.29) is 0 Å². The van der Waals surface area contributed by atoms with Crippen LogP contribution in [0.2, 0.25) is 0 Å². The highest BCUT2D eigenvalue weighted by Gasteiger charge is 2.29. The minimum atomic E-state index is 0.579. The Morgan fingerprint density at radius 2 is 2.00 bits per heavy atom. The Bertz CT molecular complexity index is 468. The molecule has 0 radical (unpaired) electrons. The molecule has 0 unspecified atom stereocenters. The molecular formula is C18H30N4. The van der Waals surface area contributed by atoms with Gasteiger partial charge in [0.25, 0.3) is 0 Å². The average Bonchev–Trinajstić information content (AvgIpc) is 3.02. The van der Waals surface area contributed by atoms with Crippen LogP contribution in [-0.4, -0.2) is 61.1 Å². The topological polar surface area (TPSA) is 22.6 Å². The normalized spacial score (nSPS) is 24.1. The second-order valence-electron chi connectivity index (χ2n) is 6.75. The molecule has 1 atom stereocenters. The molecule has 2 saturated heterocycles. The summed E-state index contributed by atoms with van der Waals surface area (Å²) in [6.07, 6.45) is 7.16. The first-order valence-electron chi connectivity index (χ1n) is 8.92. The van der Waals surface area contributed by atoms with Gasteiger partial charge in [-0.25, -0.2) is 4.98 Å². The van der Waals surface area contributed by atoms with E-state index in [9.17, 15) is 0 Å². The molecular weight excluding hydrogens is 272 g/mol. The molecule has 0 aromatic carbocycles. The predicted octanol–water partition coefficient (Wildman–Crippen LogP) is 2.77. The van der Waals surface area contributed by atoms with Crippen LogP contribution in [0.25, 0.3) is 0 Å². The van der Waals surface area contributed by atoms with Gasteiger partial charge in [0.15, 0.2) is 0 Å². The molecule has 0 N–H and O–H groups in total. The van der Waals surface area contributed by atoms with Crippen LogP contribution in [0.15, 0.2) is 18.3 Å². The lowest BCUT2D eigenvalue weighted by molar-refractivity contribution is 0.252. The molecule has 3 rings (SSSR count). The largest absolute Gasteiger partial charge is 0.354 e. The number of unbranched alkanes of at least 4 members (excludes halogenated alkanes) is 1. The SMILES string of the molecule is CCCCN1CCC[C@@H]1c1cccnc1N1CCN(C)CC1. The monoisotopic (exact) mass is 302 g/mol. The lowest BCUT2D eigenvalue weighted by atomic mass is 10.0. The van der Waals surface area contributed by atoms with Crippen LogP contribution < -0.4 is 4.90 Å². The Morgan fingerprint density at radius 3 is 2.77 bits per heavy atom. The zero-order valence-corrected chi connectivity index (χ0v) is 14.2. The third-order valence-electron chi connectivity index (χ3n) is 5.14. The fraction of sp³-hybridized carbons (Fsp3) is 0.722. The van der Waals surface area contributed by atoms with Gasteiger partial charge in [-0.15, -0.1) is 0 Å². The smallest absolute Gasteiger partial charge is 0.133 e. The van der Waals surface area contributed by atoms with Gasteiger partial charge in [0.2, 0.25) is 0 Å². The summed E-state index contributed by atoms with van der Waals surface area (Å²) in [6.45, 7) is 9.25. The zero-order chi connectivity index (χ0) is 15.4. The number of aromatic nitrogens is 1. The molecule has 2 fully saturated rings. The van der Waals surface area contributed by atoms with Crippen LogP contribution >= 0.6 is 0 Å². The number of likely N-dealkylation sites (N-methyl/N-ethyl adjacent to an activating group) is 1. The molecule has 1 aromatic rings.